The van der Waals surface area contributed by atoms with Crippen molar-refractivity contribution >= 4 is 35.0 Å². The highest BCUT2D eigenvalue weighted by Crippen LogP contribution is 2.38. The summed E-state index contributed by atoms with van der Waals surface area (Å²) >= 11 is 6.23. The summed E-state index contributed by atoms with van der Waals surface area (Å²) in [4.78, 5) is 12.6. The van der Waals surface area contributed by atoms with Crippen molar-refractivity contribution in [2.75, 3.05) is 19.5 Å². The smallest absolute Gasteiger partial charge is 0.289 e. The first-order chi connectivity index (χ1) is 11.5. The van der Waals surface area contributed by atoms with E-state index < -0.39 is 11.7 Å². The van der Waals surface area contributed by atoms with Gasteiger partial charge < -0.3 is 14.8 Å². The lowest BCUT2D eigenvalue weighted by atomic mass is 10.1. The van der Waals surface area contributed by atoms with E-state index in [-0.39, 0.29) is 32.9 Å². The van der Waals surface area contributed by atoms with E-state index in [2.05, 4.69) is 5.32 Å². The fourth-order valence-corrected chi connectivity index (χ4v) is 2.90. The van der Waals surface area contributed by atoms with Gasteiger partial charge in [0.25, 0.3) is 11.7 Å². The number of anilines is 1. The minimum Gasteiger partial charge on any atom is -0.497 e. The van der Waals surface area contributed by atoms with Crippen molar-refractivity contribution in [3.8, 4) is 11.5 Å². The third-order valence-electron chi connectivity index (χ3n) is 3.08. The predicted octanol–water partition coefficient (Wildman–Crippen LogP) is 4.92. The van der Waals surface area contributed by atoms with E-state index in [4.69, 9.17) is 21.1 Å². The van der Waals surface area contributed by atoms with Crippen LogP contribution in [0.15, 0.2) is 41.3 Å². The molecule has 0 aliphatic carbocycles. The van der Waals surface area contributed by atoms with Crippen LogP contribution < -0.4 is 14.8 Å². The molecule has 1 amide bonds. The number of amides is 1. The number of alkyl halides is 2. The summed E-state index contributed by atoms with van der Waals surface area (Å²) in [6.45, 7) is 0. The molecule has 1 N–H and O–H groups in total. The minimum absolute atomic E-state index is 0.106. The number of halogens is 3. The molecule has 0 fully saturated rings. The number of carbonyl (C=O) groups is 1. The molecule has 0 unspecified atom stereocenters. The van der Waals surface area contributed by atoms with Crippen molar-refractivity contribution < 1.29 is 23.0 Å². The molecular formula is C16H14ClF2NO3S. The van der Waals surface area contributed by atoms with Crippen LogP contribution >= 0.6 is 23.4 Å². The first kappa shape index (κ1) is 18.4. The van der Waals surface area contributed by atoms with Gasteiger partial charge in [0.2, 0.25) is 0 Å². The molecule has 2 aromatic carbocycles. The standard InChI is InChI=1S/C16H14ClF2NO3S/c1-22-9-6-7-10(13(8-9)23-2)15(21)20-12-5-3-4-11(17)14(12)24-16(18)19/h3-8,16H,1-2H3,(H,20,21). The zero-order chi connectivity index (χ0) is 17.7. The van der Waals surface area contributed by atoms with Crippen molar-refractivity contribution in [1.29, 1.82) is 0 Å². The number of hydrogen-bond donors (Lipinski definition) is 1. The molecule has 24 heavy (non-hydrogen) atoms. The molecule has 0 heterocycles. The maximum Gasteiger partial charge on any atom is 0.289 e. The Balaban J connectivity index is 2.32. The summed E-state index contributed by atoms with van der Waals surface area (Å²) in [5.41, 5.74) is 0.446. The van der Waals surface area contributed by atoms with E-state index in [9.17, 15) is 13.6 Å². The molecule has 8 heteroatoms. The lowest BCUT2D eigenvalue weighted by molar-refractivity contribution is 0.102. The lowest BCUT2D eigenvalue weighted by Crippen LogP contribution is -2.14. The fourth-order valence-electron chi connectivity index (χ4n) is 1.99. The number of benzene rings is 2. The summed E-state index contributed by atoms with van der Waals surface area (Å²) < 4.78 is 35.6. The van der Waals surface area contributed by atoms with Crippen LogP contribution in [0.5, 0.6) is 11.5 Å². The van der Waals surface area contributed by atoms with Crippen molar-refractivity contribution in [3.05, 3.63) is 47.0 Å². The van der Waals surface area contributed by atoms with Crippen LogP contribution in [0, 0.1) is 0 Å². The van der Waals surface area contributed by atoms with Crippen LogP contribution in [0.3, 0.4) is 0 Å². The molecule has 2 aromatic rings. The van der Waals surface area contributed by atoms with Gasteiger partial charge in [0.05, 0.1) is 35.4 Å². The zero-order valence-electron chi connectivity index (χ0n) is 12.8. The second-order valence-electron chi connectivity index (χ2n) is 4.52. The number of rotatable bonds is 6. The third-order valence-corrected chi connectivity index (χ3v) is 4.36. The number of hydrogen-bond acceptors (Lipinski definition) is 4. The predicted molar refractivity (Wildman–Crippen MR) is 90.8 cm³/mol. The second-order valence-corrected chi connectivity index (χ2v) is 5.92. The minimum atomic E-state index is -2.66. The van der Waals surface area contributed by atoms with E-state index in [0.717, 1.165) is 0 Å². The lowest BCUT2D eigenvalue weighted by Gasteiger charge is -2.14. The zero-order valence-corrected chi connectivity index (χ0v) is 14.4. The van der Waals surface area contributed by atoms with Crippen LogP contribution in [0.2, 0.25) is 5.02 Å². The third kappa shape index (κ3) is 4.30. The maximum absolute atomic E-state index is 12.7. The largest absolute Gasteiger partial charge is 0.497 e. The van der Waals surface area contributed by atoms with Gasteiger partial charge in [-0.05, 0) is 24.3 Å². The van der Waals surface area contributed by atoms with Crippen LogP contribution in [0.1, 0.15) is 10.4 Å². The highest BCUT2D eigenvalue weighted by Gasteiger charge is 2.18. The average Bonchev–Trinajstić information content (AvgIpc) is 2.57. The highest BCUT2D eigenvalue weighted by atomic mass is 35.5. The molecule has 0 aliphatic rings. The van der Waals surface area contributed by atoms with Gasteiger partial charge in [0.1, 0.15) is 11.5 Å². The van der Waals surface area contributed by atoms with E-state index in [1.165, 1.54) is 32.4 Å². The highest BCUT2D eigenvalue weighted by molar-refractivity contribution is 7.99. The summed E-state index contributed by atoms with van der Waals surface area (Å²) in [5.74, 6) is -2.33. The summed E-state index contributed by atoms with van der Waals surface area (Å²) in [5, 5.41) is 2.73. The number of carbonyl (C=O) groups excluding carboxylic acids is 1. The second kappa shape index (κ2) is 8.21. The van der Waals surface area contributed by atoms with Crippen molar-refractivity contribution in [2.45, 2.75) is 10.7 Å². The van der Waals surface area contributed by atoms with Crippen molar-refractivity contribution in [3.63, 3.8) is 0 Å². The van der Waals surface area contributed by atoms with E-state index in [1.807, 2.05) is 0 Å². The Labute approximate surface area is 147 Å². The molecule has 0 bridgehead atoms. The van der Waals surface area contributed by atoms with Crippen LogP contribution in [-0.4, -0.2) is 25.9 Å². The summed E-state index contributed by atoms with van der Waals surface area (Å²) in [6.07, 6.45) is 0. The van der Waals surface area contributed by atoms with Gasteiger partial charge >= 0.3 is 0 Å². The number of nitrogens with one attached hydrogen (secondary N) is 1. The maximum atomic E-state index is 12.7. The molecule has 0 atom stereocenters. The molecule has 128 valence electrons. The quantitative estimate of drug-likeness (QED) is 0.730. The summed E-state index contributed by atoms with van der Waals surface area (Å²) in [7, 11) is 2.91. The van der Waals surface area contributed by atoms with Crippen LogP contribution in [0.4, 0.5) is 14.5 Å². The Morgan fingerprint density at radius 1 is 1.21 bits per heavy atom. The Morgan fingerprint density at radius 2 is 1.96 bits per heavy atom. The Hall–Kier alpha value is -1.99. The molecule has 0 radical (unpaired) electrons. The van der Waals surface area contributed by atoms with Crippen molar-refractivity contribution in [1.82, 2.24) is 0 Å². The molecule has 0 spiro atoms. The van der Waals surface area contributed by atoms with Gasteiger partial charge in [-0.1, -0.05) is 29.4 Å². The van der Waals surface area contributed by atoms with Gasteiger partial charge in [0.15, 0.2) is 0 Å². The van der Waals surface area contributed by atoms with Crippen molar-refractivity contribution in [2.24, 2.45) is 0 Å². The molecule has 0 aliphatic heterocycles. The summed E-state index contributed by atoms with van der Waals surface area (Å²) in [6, 6.07) is 9.24. The normalized spacial score (nSPS) is 10.6. The van der Waals surface area contributed by atoms with Gasteiger partial charge in [-0.15, -0.1) is 0 Å². The Bertz CT molecular complexity index is 743. The number of ether oxygens (including phenoxy) is 2. The SMILES string of the molecule is COc1ccc(C(=O)Nc2cccc(Cl)c2SC(F)F)c(OC)c1. The van der Waals surface area contributed by atoms with Gasteiger partial charge in [-0.3, -0.25) is 4.79 Å². The average molecular weight is 374 g/mol. The Kier molecular flexibility index (Phi) is 6.28. The fraction of sp³-hybridized carbons (Fsp3) is 0.188. The number of thioether (sulfide) groups is 1. The first-order valence-electron chi connectivity index (χ1n) is 6.73. The Morgan fingerprint density at radius 3 is 2.58 bits per heavy atom. The van der Waals surface area contributed by atoms with E-state index in [0.29, 0.717) is 11.5 Å². The van der Waals surface area contributed by atoms with Gasteiger partial charge in [0, 0.05) is 6.07 Å². The van der Waals surface area contributed by atoms with Gasteiger partial charge in [-0.2, -0.15) is 8.78 Å². The van der Waals surface area contributed by atoms with E-state index in [1.54, 1.807) is 18.2 Å². The number of methoxy groups -OCH3 is 2. The molecular weight excluding hydrogens is 360 g/mol. The van der Waals surface area contributed by atoms with E-state index >= 15 is 0 Å². The first-order valence-corrected chi connectivity index (χ1v) is 7.98. The van der Waals surface area contributed by atoms with Crippen LogP contribution in [0.25, 0.3) is 0 Å². The molecule has 2 rings (SSSR count). The molecule has 0 saturated heterocycles. The van der Waals surface area contributed by atoms with Crippen LogP contribution in [-0.2, 0) is 0 Å². The molecule has 0 saturated carbocycles. The molecule has 4 nitrogen and oxygen atoms in total. The molecule has 0 aromatic heterocycles. The topological polar surface area (TPSA) is 47.6 Å². The van der Waals surface area contributed by atoms with Gasteiger partial charge in [-0.25, -0.2) is 0 Å². The monoisotopic (exact) mass is 373 g/mol.